The third-order valence-electron chi connectivity index (χ3n) is 1.86. The van der Waals surface area contributed by atoms with Crippen molar-refractivity contribution >= 4 is 7.28 Å². The van der Waals surface area contributed by atoms with Crippen molar-refractivity contribution in [2.45, 2.75) is 39.0 Å². The Bertz CT molecular complexity index is 121. The van der Waals surface area contributed by atoms with Crippen molar-refractivity contribution in [3.63, 3.8) is 0 Å². The van der Waals surface area contributed by atoms with E-state index in [0.717, 1.165) is 0 Å². The second-order valence-electron chi connectivity index (χ2n) is 3.19. The van der Waals surface area contributed by atoms with Crippen molar-refractivity contribution < 1.29 is 103 Å². The zero-order valence-electron chi connectivity index (χ0n) is 9.83. The maximum Gasteiger partial charge on any atom is 1.00 e. The van der Waals surface area contributed by atoms with Gasteiger partial charge in [0.25, 0.3) is 0 Å². The van der Waals surface area contributed by atoms with Crippen LogP contribution in [0.15, 0.2) is 0 Å². The maximum atomic E-state index is 11.1. The van der Waals surface area contributed by atoms with Crippen molar-refractivity contribution in [3.8, 4) is 0 Å². The van der Waals surface area contributed by atoms with Crippen LogP contribution in [0.4, 0.5) is 0 Å². The predicted molar refractivity (Wildman–Crippen MR) is 37.2 cm³/mol. The zero-order valence-corrected chi connectivity index (χ0v) is 16.7. The summed E-state index contributed by atoms with van der Waals surface area (Å²) in [5, 5.41) is 0. The van der Waals surface area contributed by atoms with Gasteiger partial charge in [0.1, 0.15) is 0 Å². The monoisotopic (exact) mass is 234 g/mol. The molecule has 0 bridgehead atoms. The first-order chi connectivity index (χ1) is 4.17. The standard InChI is InChI=1S/C6H14O3P.3Na/c1-5(2)10(7,8,9)6(3)4;;;/h5-6H,1-4H3;;;/q-3;3*+1. The summed E-state index contributed by atoms with van der Waals surface area (Å²) < 4.78 is 0. The largest absolute Gasteiger partial charge is 1.00 e. The molecule has 0 aromatic carbocycles. The molecule has 0 saturated carbocycles. The van der Waals surface area contributed by atoms with Gasteiger partial charge in [0.15, 0.2) is 0 Å². The Balaban J connectivity index is -0.000000135. The fourth-order valence-electron chi connectivity index (χ4n) is 0.596. The van der Waals surface area contributed by atoms with Gasteiger partial charge in [-0.05, 0) is 0 Å². The van der Waals surface area contributed by atoms with E-state index in [1.807, 2.05) is 0 Å². The van der Waals surface area contributed by atoms with E-state index in [1.165, 1.54) is 27.7 Å². The smallest absolute Gasteiger partial charge is 1.00 e. The molecule has 0 heterocycles. The Morgan fingerprint density at radius 2 is 0.846 bits per heavy atom. The minimum atomic E-state index is -5.07. The van der Waals surface area contributed by atoms with Crippen LogP contribution in [-0.2, 0) is 0 Å². The topological polar surface area (TPSA) is 69.2 Å². The Morgan fingerprint density at radius 3 is 0.846 bits per heavy atom. The van der Waals surface area contributed by atoms with Crippen molar-refractivity contribution in [2.24, 2.45) is 0 Å². The maximum absolute atomic E-state index is 11.1. The second kappa shape index (κ2) is 8.41. The normalized spacial score (nSPS) is 13.5. The molecule has 3 nitrogen and oxygen atoms in total. The molecule has 0 aliphatic carbocycles. The molecule has 0 fully saturated rings. The molecule has 0 aliphatic heterocycles. The third kappa shape index (κ3) is 7.27. The zero-order chi connectivity index (χ0) is 8.60. The number of hydrogen-bond acceptors (Lipinski definition) is 3. The fourth-order valence-corrected chi connectivity index (χ4v) is 1.79. The molecular formula is C6H14Na3O3P. The van der Waals surface area contributed by atoms with E-state index in [9.17, 15) is 14.7 Å². The molecule has 0 atom stereocenters. The van der Waals surface area contributed by atoms with E-state index in [-0.39, 0.29) is 88.7 Å². The molecule has 13 heavy (non-hydrogen) atoms. The van der Waals surface area contributed by atoms with Crippen LogP contribution < -0.4 is 103 Å². The minimum absolute atomic E-state index is 0. The molecule has 0 aromatic rings. The van der Waals surface area contributed by atoms with Gasteiger partial charge in [-0.25, -0.2) is 0 Å². The van der Waals surface area contributed by atoms with Crippen molar-refractivity contribution in [3.05, 3.63) is 0 Å². The van der Waals surface area contributed by atoms with Gasteiger partial charge in [-0.2, -0.15) is 0 Å². The molecule has 0 rings (SSSR count). The first kappa shape index (κ1) is 25.2. The third-order valence-corrected chi connectivity index (χ3v) is 5.58. The summed E-state index contributed by atoms with van der Waals surface area (Å²) in [6, 6.07) is 0. The first-order valence-corrected chi connectivity index (χ1v) is 5.50. The number of hydrogen-bond donors (Lipinski definition) is 0. The van der Waals surface area contributed by atoms with Gasteiger partial charge in [-0.15, -0.1) is 0 Å². The Labute approximate surface area is 147 Å². The van der Waals surface area contributed by atoms with Crippen molar-refractivity contribution in [1.29, 1.82) is 0 Å². The Morgan fingerprint density at radius 1 is 0.692 bits per heavy atom. The molecule has 0 saturated heterocycles. The van der Waals surface area contributed by atoms with Crippen LogP contribution in [0.3, 0.4) is 0 Å². The van der Waals surface area contributed by atoms with Gasteiger partial charge in [-0.3, -0.25) is 0 Å². The summed E-state index contributed by atoms with van der Waals surface area (Å²) >= 11 is 0. The molecule has 0 amide bonds. The molecule has 0 N–H and O–H groups in total. The number of rotatable bonds is 2. The molecule has 64 valence electrons. The Kier molecular flexibility index (Phi) is 16.3. The van der Waals surface area contributed by atoms with E-state index in [4.69, 9.17) is 0 Å². The van der Waals surface area contributed by atoms with Gasteiger partial charge in [0, 0.05) is 0 Å². The van der Waals surface area contributed by atoms with Gasteiger partial charge in [0.05, 0.1) is 0 Å². The summed E-state index contributed by atoms with van der Waals surface area (Å²) in [5.41, 5.74) is -1.60. The van der Waals surface area contributed by atoms with Gasteiger partial charge in [0.2, 0.25) is 0 Å². The van der Waals surface area contributed by atoms with Crippen LogP contribution >= 0.6 is 7.28 Å². The van der Waals surface area contributed by atoms with Crippen LogP contribution in [0.5, 0.6) is 0 Å². The van der Waals surface area contributed by atoms with Gasteiger partial charge >= 0.3 is 150 Å². The Hall–Kier alpha value is 3.31. The molecule has 0 spiro atoms. The van der Waals surface area contributed by atoms with E-state index in [2.05, 4.69) is 0 Å². The quantitative estimate of drug-likeness (QED) is 0.352. The molecular weight excluding hydrogens is 220 g/mol. The van der Waals surface area contributed by atoms with E-state index in [1.54, 1.807) is 0 Å². The van der Waals surface area contributed by atoms with Crippen LogP contribution in [0.2, 0.25) is 0 Å². The van der Waals surface area contributed by atoms with Gasteiger partial charge in [-0.1, -0.05) is 0 Å². The van der Waals surface area contributed by atoms with Crippen LogP contribution in [0, 0.1) is 0 Å². The summed E-state index contributed by atoms with van der Waals surface area (Å²) in [6.07, 6.45) is 0. The molecule has 0 aromatic heterocycles. The SMILES string of the molecule is CC(C)P([O-])([O-])([O-])C(C)C.[Na+].[Na+].[Na+]. The second-order valence-corrected chi connectivity index (χ2v) is 7.27. The van der Waals surface area contributed by atoms with Crippen molar-refractivity contribution in [1.82, 2.24) is 0 Å². The predicted octanol–water partition coefficient (Wildman–Crippen LogP) is -9.81. The van der Waals surface area contributed by atoms with Crippen LogP contribution in [0.1, 0.15) is 27.7 Å². The average molecular weight is 234 g/mol. The first-order valence-electron chi connectivity index (χ1n) is 3.37. The van der Waals surface area contributed by atoms with E-state index < -0.39 is 18.6 Å². The van der Waals surface area contributed by atoms with Crippen LogP contribution in [-0.4, -0.2) is 11.3 Å². The van der Waals surface area contributed by atoms with Gasteiger partial charge < -0.3 is 0 Å². The molecule has 0 unspecified atom stereocenters. The van der Waals surface area contributed by atoms with Crippen LogP contribution in [0.25, 0.3) is 0 Å². The summed E-state index contributed by atoms with van der Waals surface area (Å²) in [7, 11) is -5.07. The molecule has 0 aliphatic rings. The van der Waals surface area contributed by atoms with Crippen molar-refractivity contribution in [2.75, 3.05) is 0 Å². The summed E-state index contributed by atoms with van der Waals surface area (Å²) in [6.45, 7) is 5.69. The fraction of sp³-hybridized carbons (Fsp3) is 1.00. The molecule has 7 heteroatoms. The van der Waals surface area contributed by atoms with E-state index >= 15 is 0 Å². The summed E-state index contributed by atoms with van der Waals surface area (Å²) in [4.78, 5) is 33.3. The molecule has 0 radical (unpaired) electrons. The minimum Gasteiger partial charge on any atom is 1.00 e. The summed E-state index contributed by atoms with van der Waals surface area (Å²) in [5.74, 6) is 0. The van der Waals surface area contributed by atoms with E-state index in [0.29, 0.717) is 0 Å². The average Bonchev–Trinajstić information content (AvgIpc) is 1.63.